The number of carboxylic acid groups (broad SMARTS) is 1. The minimum Gasteiger partial charge on any atom is -0.478 e. The van der Waals surface area contributed by atoms with Gasteiger partial charge in [-0.1, -0.05) is 13.8 Å². The van der Waals surface area contributed by atoms with Crippen molar-refractivity contribution in [2.24, 2.45) is 7.05 Å². The first-order valence-corrected chi connectivity index (χ1v) is 3.79. The fraction of sp³-hybridized carbons (Fsp3) is 0.500. The standard InChI is InChI=1S/C8H12N2O2/c1-5(2)7-6(8(11)12)4-10(3)9-7/h4-5H,1-3H3,(H,11,12). The molecule has 0 aliphatic heterocycles. The quantitative estimate of drug-likeness (QED) is 0.722. The van der Waals surface area contributed by atoms with Crippen LogP contribution in [0.25, 0.3) is 0 Å². The highest BCUT2D eigenvalue weighted by atomic mass is 16.4. The van der Waals surface area contributed by atoms with Gasteiger partial charge in [0.15, 0.2) is 0 Å². The van der Waals surface area contributed by atoms with E-state index in [9.17, 15) is 4.79 Å². The van der Waals surface area contributed by atoms with Gasteiger partial charge in [-0.3, -0.25) is 4.68 Å². The molecule has 0 saturated carbocycles. The lowest BCUT2D eigenvalue weighted by Gasteiger charge is -1.99. The first kappa shape index (κ1) is 8.77. The molecule has 0 spiro atoms. The fourth-order valence-corrected chi connectivity index (χ4v) is 1.10. The normalized spacial score (nSPS) is 10.7. The number of hydrogen-bond acceptors (Lipinski definition) is 2. The Bertz CT molecular complexity index is 302. The third-order valence-corrected chi connectivity index (χ3v) is 1.63. The van der Waals surface area contributed by atoms with Crippen LogP contribution >= 0.6 is 0 Å². The van der Waals surface area contributed by atoms with Crippen molar-refractivity contribution in [3.8, 4) is 0 Å². The second kappa shape index (κ2) is 2.97. The third kappa shape index (κ3) is 1.47. The SMILES string of the molecule is CC(C)c1nn(C)cc1C(=O)O. The topological polar surface area (TPSA) is 55.1 Å². The number of carbonyl (C=O) groups is 1. The zero-order chi connectivity index (χ0) is 9.30. The highest BCUT2D eigenvalue weighted by molar-refractivity contribution is 5.88. The Labute approximate surface area is 70.8 Å². The molecular weight excluding hydrogens is 156 g/mol. The maximum absolute atomic E-state index is 10.7. The van der Waals surface area contributed by atoms with E-state index in [0.29, 0.717) is 11.3 Å². The van der Waals surface area contributed by atoms with E-state index < -0.39 is 5.97 Å². The summed E-state index contributed by atoms with van der Waals surface area (Å²) >= 11 is 0. The van der Waals surface area contributed by atoms with Crippen LogP contribution in [0.4, 0.5) is 0 Å². The van der Waals surface area contributed by atoms with Gasteiger partial charge in [-0.15, -0.1) is 0 Å². The number of aromatic carboxylic acids is 1. The molecule has 12 heavy (non-hydrogen) atoms. The molecule has 0 aliphatic carbocycles. The number of hydrogen-bond donors (Lipinski definition) is 1. The lowest BCUT2D eigenvalue weighted by Crippen LogP contribution is -2.01. The maximum atomic E-state index is 10.7. The van der Waals surface area contributed by atoms with Crippen LogP contribution in [-0.4, -0.2) is 20.9 Å². The molecule has 0 fully saturated rings. The molecule has 1 N–H and O–H groups in total. The van der Waals surface area contributed by atoms with Crippen LogP contribution in [0.1, 0.15) is 35.8 Å². The molecule has 0 bridgehead atoms. The number of carboxylic acids is 1. The molecule has 0 radical (unpaired) electrons. The summed E-state index contributed by atoms with van der Waals surface area (Å²) in [6, 6.07) is 0. The lowest BCUT2D eigenvalue weighted by atomic mass is 10.1. The molecule has 1 aromatic rings. The van der Waals surface area contributed by atoms with Crippen molar-refractivity contribution in [1.82, 2.24) is 9.78 Å². The van der Waals surface area contributed by atoms with Gasteiger partial charge in [0.1, 0.15) is 5.56 Å². The van der Waals surface area contributed by atoms with E-state index in [-0.39, 0.29) is 5.92 Å². The van der Waals surface area contributed by atoms with E-state index >= 15 is 0 Å². The van der Waals surface area contributed by atoms with Gasteiger partial charge < -0.3 is 5.11 Å². The Kier molecular flexibility index (Phi) is 2.17. The van der Waals surface area contributed by atoms with Gasteiger partial charge in [0.05, 0.1) is 5.69 Å². The van der Waals surface area contributed by atoms with Crippen molar-refractivity contribution in [3.63, 3.8) is 0 Å². The summed E-state index contributed by atoms with van der Waals surface area (Å²) in [4.78, 5) is 10.7. The van der Waals surface area contributed by atoms with Gasteiger partial charge in [-0.25, -0.2) is 4.79 Å². The molecule has 1 rings (SSSR count). The zero-order valence-corrected chi connectivity index (χ0v) is 7.40. The summed E-state index contributed by atoms with van der Waals surface area (Å²) in [5.74, 6) is -0.760. The monoisotopic (exact) mass is 168 g/mol. The molecule has 0 unspecified atom stereocenters. The predicted octanol–water partition coefficient (Wildman–Crippen LogP) is 1.24. The number of aromatic nitrogens is 2. The van der Waals surface area contributed by atoms with Gasteiger partial charge in [-0.05, 0) is 5.92 Å². The van der Waals surface area contributed by atoms with Gasteiger partial charge in [0.25, 0.3) is 0 Å². The molecule has 0 aromatic carbocycles. The van der Waals surface area contributed by atoms with Gasteiger partial charge in [0.2, 0.25) is 0 Å². The van der Waals surface area contributed by atoms with Crippen LogP contribution in [0.15, 0.2) is 6.20 Å². The highest BCUT2D eigenvalue weighted by Crippen LogP contribution is 2.16. The Morgan fingerprint density at radius 2 is 2.25 bits per heavy atom. The summed E-state index contributed by atoms with van der Waals surface area (Å²) in [6.45, 7) is 3.85. The van der Waals surface area contributed by atoms with Crippen LogP contribution in [0.5, 0.6) is 0 Å². The smallest absolute Gasteiger partial charge is 0.339 e. The van der Waals surface area contributed by atoms with E-state index in [2.05, 4.69) is 5.10 Å². The Balaban J connectivity index is 3.17. The van der Waals surface area contributed by atoms with Gasteiger partial charge in [0, 0.05) is 13.2 Å². The van der Waals surface area contributed by atoms with E-state index in [1.807, 2.05) is 13.8 Å². The molecule has 0 saturated heterocycles. The largest absolute Gasteiger partial charge is 0.478 e. The average molecular weight is 168 g/mol. The Hall–Kier alpha value is -1.32. The minimum atomic E-state index is -0.910. The maximum Gasteiger partial charge on any atom is 0.339 e. The van der Waals surface area contributed by atoms with E-state index in [4.69, 9.17) is 5.11 Å². The van der Waals surface area contributed by atoms with Gasteiger partial charge >= 0.3 is 5.97 Å². The average Bonchev–Trinajstić information content (AvgIpc) is 2.31. The van der Waals surface area contributed by atoms with E-state index in [1.54, 1.807) is 7.05 Å². The molecule has 0 aliphatic rings. The van der Waals surface area contributed by atoms with Crippen LogP contribution < -0.4 is 0 Å². The van der Waals surface area contributed by atoms with Crippen molar-refractivity contribution >= 4 is 5.97 Å². The molecule has 1 heterocycles. The Morgan fingerprint density at radius 1 is 1.67 bits per heavy atom. The summed E-state index contributed by atoms with van der Waals surface area (Å²) in [7, 11) is 1.72. The summed E-state index contributed by atoms with van der Waals surface area (Å²) in [6.07, 6.45) is 1.53. The minimum absolute atomic E-state index is 0.150. The third-order valence-electron chi connectivity index (χ3n) is 1.63. The number of rotatable bonds is 2. The molecule has 1 aromatic heterocycles. The molecule has 0 amide bonds. The van der Waals surface area contributed by atoms with E-state index in [1.165, 1.54) is 10.9 Å². The molecule has 4 nitrogen and oxygen atoms in total. The predicted molar refractivity (Wildman–Crippen MR) is 44.3 cm³/mol. The van der Waals surface area contributed by atoms with Crippen molar-refractivity contribution in [2.75, 3.05) is 0 Å². The second-order valence-electron chi connectivity index (χ2n) is 3.06. The number of nitrogens with zero attached hydrogens (tertiary/aromatic N) is 2. The molecule has 0 atom stereocenters. The van der Waals surface area contributed by atoms with Crippen molar-refractivity contribution in [2.45, 2.75) is 19.8 Å². The van der Waals surface area contributed by atoms with Crippen molar-refractivity contribution in [3.05, 3.63) is 17.5 Å². The summed E-state index contributed by atoms with van der Waals surface area (Å²) in [5.41, 5.74) is 0.942. The lowest BCUT2D eigenvalue weighted by molar-refractivity contribution is 0.0695. The molecule has 66 valence electrons. The zero-order valence-electron chi connectivity index (χ0n) is 7.40. The highest BCUT2D eigenvalue weighted by Gasteiger charge is 2.16. The van der Waals surface area contributed by atoms with Crippen molar-refractivity contribution in [1.29, 1.82) is 0 Å². The molecular formula is C8H12N2O2. The second-order valence-corrected chi connectivity index (χ2v) is 3.06. The summed E-state index contributed by atoms with van der Waals surface area (Å²) in [5, 5.41) is 12.8. The Morgan fingerprint density at radius 3 is 2.58 bits per heavy atom. The van der Waals surface area contributed by atoms with Crippen LogP contribution in [0.2, 0.25) is 0 Å². The van der Waals surface area contributed by atoms with Crippen LogP contribution in [0.3, 0.4) is 0 Å². The van der Waals surface area contributed by atoms with Crippen LogP contribution in [0, 0.1) is 0 Å². The van der Waals surface area contributed by atoms with Crippen molar-refractivity contribution < 1.29 is 9.90 Å². The number of aryl methyl sites for hydroxylation is 1. The fourth-order valence-electron chi connectivity index (χ4n) is 1.10. The first-order chi connectivity index (χ1) is 5.52. The van der Waals surface area contributed by atoms with Gasteiger partial charge in [-0.2, -0.15) is 5.10 Å². The first-order valence-electron chi connectivity index (χ1n) is 3.79. The van der Waals surface area contributed by atoms with E-state index in [0.717, 1.165) is 0 Å². The summed E-state index contributed by atoms with van der Waals surface area (Å²) < 4.78 is 1.53. The van der Waals surface area contributed by atoms with Crippen LogP contribution in [-0.2, 0) is 7.05 Å². The molecule has 4 heteroatoms.